The van der Waals surface area contributed by atoms with E-state index in [4.69, 9.17) is 0 Å². The summed E-state index contributed by atoms with van der Waals surface area (Å²) in [6.45, 7) is 1.81. The molecule has 2 heterocycles. The van der Waals surface area contributed by atoms with Crippen LogP contribution in [-0.2, 0) is 11.3 Å². The number of hydrogen-bond acceptors (Lipinski definition) is 5. The minimum atomic E-state index is -0.400. The Labute approximate surface area is 193 Å². The average Bonchev–Trinajstić information content (AvgIpc) is 3.18. The zero-order valence-corrected chi connectivity index (χ0v) is 18.7. The van der Waals surface area contributed by atoms with E-state index >= 15 is 0 Å². The molecule has 3 aromatic carbocycles. The van der Waals surface area contributed by atoms with Gasteiger partial charge < -0.3 is 0 Å². The maximum absolute atomic E-state index is 13.2. The van der Waals surface area contributed by atoms with Crippen molar-refractivity contribution in [3.8, 4) is 11.1 Å². The Morgan fingerprint density at radius 2 is 1.82 bits per heavy atom. The van der Waals surface area contributed by atoms with Gasteiger partial charge in [0.1, 0.15) is 11.4 Å². The topological polar surface area (TPSA) is 76.3 Å². The number of hydrogen-bond donors (Lipinski definition) is 1. The van der Waals surface area contributed by atoms with E-state index in [2.05, 4.69) is 15.5 Å². The molecule has 33 heavy (non-hydrogen) atoms. The van der Waals surface area contributed by atoms with Gasteiger partial charge in [-0.25, -0.2) is 10.4 Å². The first-order valence-corrected chi connectivity index (χ1v) is 11.3. The SMILES string of the molecule is Cc1sc2ncn(CC(=O)N/N=C/c3cccc4ccccc34)c(=O)c2c1-c1ccccc1. The summed E-state index contributed by atoms with van der Waals surface area (Å²) in [4.78, 5) is 31.8. The fourth-order valence-electron chi connectivity index (χ4n) is 3.93. The first-order chi connectivity index (χ1) is 16.1. The number of carbonyl (C=O) groups excluding carboxylic acids is 1. The van der Waals surface area contributed by atoms with Crippen LogP contribution in [0.4, 0.5) is 0 Å². The van der Waals surface area contributed by atoms with Gasteiger partial charge in [-0.2, -0.15) is 5.10 Å². The minimum absolute atomic E-state index is 0.169. The highest BCUT2D eigenvalue weighted by Crippen LogP contribution is 2.35. The van der Waals surface area contributed by atoms with Crippen LogP contribution in [0.25, 0.3) is 32.1 Å². The molecule has 1 N–H and O–H groups in total. The van der Waals surface area contributed by atoms with Crippen molar-refractivity contribution in [2.75, 3.05) is 0 Å². The molecule has 0 unspecified atom stereocenters. The predicted molar refractivity (Wildman–Crippen MR) is 134 cm³/mol. The normalized spacial score (nSPS) is 11.4. The van der Waals surface area contributed by atoms with Crippen molar-refractivity contribution >= 4 is 44.4 Å². The zero-order chi connectivity index (χ0) is 22.8. The van der Waals surface area contributed by atoms with Gasteiger partial charge in [0.15, 0.2) is 0 Å². The molecule has 0 saturated carbocycles. The van der Waals surface area contributed by atoms with Gasteiger partial charge in [0, 0.05) is 16.0 Å². The second-order valence-corrected chi connectivity index (χ2v) is 8.82. The lowest BCUT2D eigenvalue weighted by Gasteiger charge is -2.06. The van der Waals surface area contributed by atoms with Crippen LogP contribution in [0.15, 0.2) is 89.0 Å². The molecular weight excluding hydrogens is 432 g/mol. The van der Waals surface area contributed by atoms with Gasteiger partial charge in [0.2, 0.25) is 0 Å². The maximum atomic E-state index is 13.2. The molecule has 0 fully saturated rings. The summed E-state index contributed by atoms with van der Waals surface area (Å²) in [7, 11) is 0. The van der Waals surface area contributed by atoms with E-state index in [1.165, 1.54) is 22.2 Å². The number of nitrogens with zero attached hydrogens (tertiary/aromatic N) is 3. The van der Waals surface area contributed by atoms with Crippen molar-refractivity contribution in [1.82, 2.24) is 15.0 Å². The van der Waals surface area contributed by atoms with E-state index < -0.39 is 5.91 Å². The molecule has 0 aliphatic carbocycles. The summed E-state index contributed by atoms with van der Waals surface area (Å²) in [6.07, 6.45) is 3.03. The van der Waals surface area contributed by atoms with Crippen LogP contribution >= 0.6 is 11.3 Å². The van der Waals surface area contributed by atoms with E-state index in [9.17, 15) is 9.59 Å². The number of nitrogens with one attached hydrogen (secondary N) is 1. The summed E-state index contributed by atoms with van der Waals surface area (Å²) in [5.74, 6) is -0.400. The molecule has 6 nitrogen and oxygen atoms in total. The van der Waals surface area contributed by atoms with Crippen LogP contribution in [0.3, 0.4) is 0 Å². The van der Waals surface area contributed by atoms with Crippen molar-refractivity contribution < 1.29 is 4.79 Å². The van der Waals surface area contributed by atoms with Crippen LogP contribution in [0.1, 0.15) is 10.4 Å². The Bertz CT molecular complexity index is 1560. The highest BCUT2D eigenvalue weighted by atomic mass is 32.1. The molecule has 0 aliphatic heterocycles. The third-order valence-electron chi connectivity index (χ3n) is 5.45. The Kier molecular flexibility index (Phi) is 5.54. The highest BCUT2D eigenvalue weighted by Gasteiger charge is 2.17. The molecule has 0 saturated heterocycles. The van der Waals surface area contributed by atoms with Crippen molar-refractivity contribution in [3.05, 3.63) is 99.9 Å². The lowest BCUT2D eigenvalue weighted by atomic mass is 10.0. The molecule has 0 spiro atoms. The summed E-state index contributed by atoms with van der Waals surface area (Å²) >= 11 is 1.48. The van der Waals surface area contributed by atoms with Crippen LogP contribution in [0.2, 0.25) is 0 Å². The van der Waals surface area contributed by atoms with Crippen molar-refractivity contribution in [1.29, 1.82) is 0 Å². The van der Waals surface area contributed by atoms with Gasteiger partial charge in [0.05, 0.1) is 17.9 Å². The second-order valence-electron chi connectivity index (χ2n) is 7.62. The van der Waals surface area contributed by atoms with Crippen LogP contribution in [0, 0.1) is 6.92 Å². The fraction of sp³-hybridized carbons (Fsp3) is 0.0769. The molecule has 5 rings (SSSR count). The van der Waals surface area contributed by atoms with Gasteiger partial charge in [-0.05, 0) is 23.3 Å². The van der Waals surface area contributed by atoms with E-state index in [0.717, 1.165) is 32.3 Å². The number of benzene rings is 3. The number of hydrazone groups is 1. The van der Waals surface area contributed by atoms with E-state index in [1.54, 1.807) is 6.21 Å². The molecule has 0 atom stereocenters. The number of aromatic nitrogens is 2. The van der Waals surface area contributed by atoms with Gasteiger partial charge in [-0.1, -0.05) is 72.8 Å². The van der Waals surface area contributed by atoms with Crippen LogP contribution in [-0.4, -0.2) is 21.7 Å². The monoisotopic (exact) mass is 452 g/mol. The van der Waals surface area contributed by atoms with Crippen LogP contribution in [0.5, 0.6) is 0 Å². The Morgan fingerprint density at radius 1 is 1.06 bits per heavy atom. The first-order valence-electron chi connectivity index (χ1n) is 10.5. The third kappa shape index (κ3) is 4.06. The van der Waals surface area contributed by atoms with E-state index in [1.807, 2.05) is 79.7 Å². The molecule has 0 radical (unpaired) electrons. The Morgan fingerprint density at radius 3 is 2.67 bits per heavy atom. The summed E-state index contributed by atoms with van der Waals surface area (Å²) < 4.78 is 1.32. The number of amides is 1. The van der Waals surface area contributed by atoms with Gasteiger partial charge in [0.25, 0.3) is 11.5 Å². The van der Waals surface area contributed by atoms with Gasteiger partial charge >= 0.3 is 0 Å². The van der Waals surface area contributed by atoms with E-state index in [0.29, 0.717) is 10.2 Å². The summed E-state index contributed by atoms with van der Waals surface area (Å²) in [6, 6.07) is 23.6. The molecule has 5 aromatic rings. The minimum Gasteiger partial charge on any atom is -0.289 e. The lowest BCUT2D eigenvalue weighted by molar-refractivity contribution is -0.121. The van der Waals surface area contributed by atoms with E-state index in [-0.39, 0.29) is 12.1 Å². The Balaban J connectivity index is 1.39. The number of fused-ring (bicyclic) bond motifs is 2. The fourth-order valence-corrected chi connectivity index (χ4v) is 4.93. The van der Waals surface area contributed by atoms with Crippen molar-refractivity contribution in [2.45, 2.75) is 13.5 Å². The van der Waals surface area contributed by atoms with Crippen LogP contribution < -0.4 is 11.0 Å². The summed E-state index contributed by atoms with van der Waals surface area (Å²) in [5, 5.41) is 6.77. The Hall–Kier alpha value is -4.10. The smallest absolute Gasteiger partial charge is 0.263 e. The first kappa shape index (κ1) is 20.8. The maximum Gasteiger partial charge on any atom is 0.263 e. The quantitative estimate of drug-likeness (QED) is 0.309. The predicted octanol–water partition coefficient (Wildman–Crippen LogP) is 4.74. The number of carbonyl (C=O) groups is 1. The molecule has 0 aliphatic rings. The van der Waals surface area contributed by atoms with Gasteiger partial charge in [-0.15, -0.1) is 11.3 Å². The van der Waals surface area contributed by atoms with Crippen molar-refractivity contribution in [2.24, 2.45) is 5.10 Å². The third-order valence-corrected chi connectivity index (χ3v) is 6.46. The average molecular weight is 453 g/mol. The molecule has 162 valence electrons. The van der Waals surface area contributed by atoms with Gasteiger partial charge in [-0.3, -0.25) is 14.2 Å². The number of aryl methyl sites for hydroxylation is 1. The summed E-state index contributed by atoms with van der Waals surface area (Å²) in [5.41, 5.74) is 5.01. The number of thiophene rings is 1. The second kappa shape index (κ2) is 8.80. The number of rotatable bonds is 5. The standard InChI is InChI=1S/C26H20N4O2S/c1-17-23(19-9-3-2-4-10-19)24-25(33-17)27-16-30(26(24)32)15-22(31)29-28-14-20-12-7-11-18-8-5-6-13-21(18)20/h2-14,16H,15H2,1H3,(H,29,31)/b28-14+. The molecule has 7 heteroatoms. The molecule has 1 amide bonds. The largest absolute Gasteiger partial charge is 0.289 e. The van der Waals surface area contributed by atoms with Crippen molar-refractivity contribution in [3.63, 3.8) is 0 Å². The molecular formula is C26H20N4O2S. The molecule has 2 aromatic heterocycles. The zero-order valence-electron chi connectivity index (χ0n) is 17.9. The molecule has 0 bridgehead atoms. The highest BCUT2D eigenvalue weighted by molar-refractivity contribution is 7.19. The lowest BCUT2D eigenvalue weighted by Crippen LogP contribution is -2.30.